The van der Waals surface area contributed by atoms with Crippen molar-refractivity contribution in [2.75, 3.05) is 12.3 Å². The first-order valence-corrected chi connectivity index (χ1v) is 3.95. The van der Waals surface area contributed by atoms with Crippen molar-refractivity contribution in [2.45, 2.75) is 0 Å². The summed E-state index contributed by atoms with van der Waals surface area (Å²) in [7, 11) is 0. The zero-order valence-corrected chi connectivity index (χ0v) is 10.9. The maximum Gasteiger partial charge on any atom is 0.322 e. The Hall–Kier alpha value is -1.08. The van der Waals surface area contributed by atoms with Gasteiger partial charge in [-0.2, -0.15) is 0 Å². The van der Waals surface area contributed by atoms with Crippen molar-refractivity contribution in [3.63, 3.8) is 0 Å². The van der Waals surface area contributed by atoms with Crippen molar-refractivity contribution >= 4 is 47.1 Å². The predicted octanol–water partition coefficient (Wildman–Crippen LogP) is -1.12. The number of carboxylic acid groups (broad SMARTS) is 1. The fraction of sp³-hybridized carbons (Fsp3) is 0.111. The summed E-state index contributed by atoms with van der Waals surface area (Å²) < 4.78 is 0. The van der Waals surface area contributed by atoms with Crippen LogP contribution < -0.4 is 11.1 Å². The Labute approximate surface area is 114 Å². The summed E-state index contributed by atoms with van der Waals surface area (Å²) in [5, 5.41) is 10.6. The molecule has 0 heterocycles. The van der Waals surface area contributed by atoms with Crippen LogP contribution in [0.15, 0.2) is 24.3 Å². The van der Waals surface area contributed by atoms with Gasteiger partial charge in [0.2, 0.25) is 0 Å². The van der Waals surface area contributed by atoms with Gasteiger partial charge in [0.15, 0.2) is 0 Å². The molecule has 83 valence electrons. The van der Waals surface area contributed by atoms with Crippen molar-refractivity contribution in [1.82, 2.24) is 5.32 Å². The normalized spacial score (nSPS) is 8.25. The molecule has 1 amide bonds. The molecule has 0 aliphatic carbocycles. The number of nitrogen functional groups attached to an aromatic ring is 1. The van der Waals surface area contributed by atoms with Crippen molar-refractivity contribution in [3.05, 3.63) is 29.8 Å². The summed E-state index contributed by atoms with van der Waals surface area (Å²) in [5.41, 5.74) is 6.37. The van der Waals surface area contributed by atoms with E-state index in [9.17, 15) is 9.59 Å². The quantitative estimate of drug-likeness (QED) is 0.453. The van der Waals surface area contributed by atoms with Crippen molar-refractivity contribution in [2.24, 2.45) is 0 Å². The van der Waals surface area contributed by atoms with Crippen molar-refractivity contribution in [1.29, 1.82) is 0 Å². The molecule has 0 atom stereocenters. The maximum atomic E-state index is 11.2. The van der Waals surface area contributed by atoms with Crippen molar-refractivity contribution in [3.8, 4) is 0 Å². The van der Waals surface area contributed by atoms with Gasteiger partial charge >= 0.3 is 5.97 Å². The Morgan fingerprint density at radius 3 is 2.19 bits per heavy atom. The minimum atomic E-state index is -1.08. The van der Waals surface area contributed by atoms with Gasteiger partial charge in [0.1, 0.15) is 6.54 Å². The molecule has 6 N–H and O–H groups in total. The second-order valence-electron chi connectivity index (χ2n) is 2.70. The van der Waals surface area contributed by atoms with Crippen LogP contribution in [0.1, 0.15) is 10.4 Å². The molecule has 0 bridgehead atoms. The van der Waals surface area contributed by atoms with Crippen LogP contribution in [0.5, 0.6) is 0 Å². The first-order valence-electron chi connectivity index (χ1n) is 3.95. The second-order valence-corrected chi connectivity index (χ2v) is 2.70. The number of nitrogens with one attached hydrogen (secondary N) is 1. The number of rotatable bonds is 3. The topological polar surface area (TPSA) is 124 Å². The number of hydrogen-bond acceptors (Lipinski definition) is 3. The third kappa shape index (κ3) is 5.72. The number of aliphatic carboxylic acids is 1. The summed E-state index contributed by atoms with van der Waals surface area (Å²) in [6.07, 6.45) is 0. The van der Waals surface area contributed by atoms with Gasteiger partial charge in [-0.3, -0.25) is 9.59 Å². The van der Waals surface area contributed by atoms with Gasteiger partial charge in [-0.15, -0.1) is 0 Å². The third-order valence-electron chi connectivity index (χ3n) is 1.57. The van der Waals surface area contributed by atoms with Gasteiger partial charge in [0, 0.05) is 40.8 Å². The molecule has 1 aromatic rings. The van der Waals surface area contributed by atoms with Gasteiger partial charge in [0.05, 0.1) is 0 Å². The summed E-state index contributed by atoms with van der Waals surface area (Å²) in [6, 6.07) is 6.23. The Bertz CT molecular complexity index is 353. The van der Waals surface area contributed by atoms with E-state index in [0.717, 1.165) is 0 Å². The van der Waals surface area contributed by atoms with Crippen LogP contribution >= 0.6 is 0 Å². The smallest absolute Gasteiger partial charge is 0.322 e. The summed E-state index contributed by atoms with van der Waals surface area (Å²) in [5.74, 6) is -1.50. The van der Waals surface area contributed by atoms with E-state index in [0.29, 0.717) is 11.3 Å². The number of benzene rings is 1. The molecule has 16 heavy (non-hydrogen) atoms. The molecule has 6 nitrogen and oxygen atoms in total. The summed E-state index contributed by atoms with van der Waals surface area (Å²) in [4.78, 5) is 21.4. The average molecular weight is 235 g/mol. The number of amides is 1. The van der Waals surface area contributed by atoms with Gasteiger partial charge in [-0.05, 0) is 24.3 Å². The number of nitrogens with two attached hydrogens (primary N) is 1. The second kappa shape index (κ2) is 8.12. The number of carboxylic acids is 1. The van der Waals surface area contributed by atoms with Gasteiger partial charge < -0.3 is 21.6 Å². The molecular formula is C9H12N2NaO4. The van der Waals surface area contributed by atoms with E-state index < -0.39 is 11.9 Å². The zero-order valence-electron chi connectivity index (χ0n) is 8.86. The van der Waals surface area contributed by atoms with E-state index in [4.69, 9.17) is 10.8 Å². The monoisotopic (exact) mass is 235 g/mol. The fourth-order valence-corrected chi connectivity index (χ4v) is 0.892. The SMILES string of the molecule is Nc1ccc(C(=O)NCC(=O)O)cc1.O.[Na]. The molecule has 0 unspecified atom stereocenters. The minimum absolute atomic E-state index is 0. The number of hydrogen-bond donors (Lipinski definition) is 3. The van der Waals surface area contributed by atoms with E-state index in [1.807, 2.05) is 0 Å². The Kier molecular flexibility index (Phi) is 8.79. The van der Waals surface area contributed by atoms with Crippen LogP contribution in [-0.4, -0.2) is 58.6 Å². The molecule has 1 radical (unpaired) electrons. The standard InChI is InChI=1S/C9H10N2O3.Na.H2O/c10-7-3-1-6(2-4-7)9(14)11-5-8(12)13;;/h1-4H,5,10H2,(H,11,14)(H,12,13);;1H2. The molecule has 0 saturated carbocycles. The maximum absolute atomic E-state index is 11.2. The Balaban J connectivity index is 0. The number of carbonyl (C=O) groups is 2. The van der Waals surface area contributed by atoms with Gasteiger partial charge in [0.25, 0.3) is 5.91 Å². The zero-order chi connectivity index (χ0) is 10.6. The largest absolute Gasteiger partial charge is 0.480 e. The molecule has 0 aliphatic rings. The predicted molar refractivity (Wildman–Crippen MR) is 60.2 cm³/mol. The van der Waals surface area contributed by atoms with E-state index in [2.05, 4.69) is 5.32 Å². The van der Waals surface area contributed by atoms with Gasteiger partial charge in [-0.1, -0.05) is 0 Å². The third-order valence-corrected chi connectivity index (χ3v) is 1.57. The first-order chi connectivity index (χ1) is 6.59. The molecular weight excluding hydrogens is 223 g/mol. The Morgan fingerprint density at radius 1 is 1.25 bits per heavy atom. The Morgan fingerprint density at radius 2 is 1.75 bits per heavy atom. The van der Waals surface area contributed by atoms with E-state index in [1.54, 1.807) is 12.1 Å². The van der Waals surface area contributed by atoms with Crippen LogP contribution in [0.2, 0.25) is 0 Å². The molecule has 7 heteroatoms. The van der Waals surface area contributed by atoms with Crippen LogP contribution in [0.3, 0.4) is 0 Å². The number of anilines is 1. The minimum Gasteiger partial charge on any atom is -0.480 e. The van der Waals surface area contributed by atoms with E-state index in [1.165, 1.54) is 12.1 Å². The average Bonchev–Trinajstić information content (AvgIpc) is 2.15. The van der Waals surface area contributed by atoms with E-state index in [-0.39, 0.29) is 41.6 Å². The molecule has 0 saturated heterocycles. The fourth-order valence-electron chi connectivity index (χ4n) is 0.892. The van der Waals surface area contributed by atoms with Crippen LogP contribution in [0, 0.1) is 0 Å². The van der Waals surface area contributed by atoms with E-state index >= 15 is 0 Å². The molecule has 0 spiro atoms. The van der Waals surface area contributed by atoms with Gasteiger partial charge in [-0.25, -0.2) is 0 Å². The van der Waals surface area contributed by atoms with Crippen LogP contribution in [-0.2, 0) is 4.79 Å². The van der Waals surface area contributed by atoms with Crippen LogP contribution in [0.4, 0.5) is 5.69 Å². The van der Waals surface area contributed by atoms with Crippen LogP contribution in [0.25, 0.3) is 0 Å². The molecule has 0 aliphatic heterocycles. The number of carbonyl (C=O) groups excluding carboxylic acids is 1. The van der Waals surface area contributed by atoms with Crippen molar-refractivity contribution < 1.29 is 20.2 Å². The summed E-state index contributed by atoms with van der Waals surface area (Å²) in [6.45, 7) is -0.386. The molecule has 0 fully saturated rings. The molecule has 1 aromatic carbocycles. The molecule has 0 aromatic heterocycles. The first kappa shape index (κ1) is 17.3. The molecule has 1 rings (SSSR count). The summed E-state index contributed by atoms with van der Waals surface area (Å²) >= 11 is 0.